The summed E-state index contributed by atoms with van der Waals surface area (Å²) in [4.78, 5) is 33.7. The van der Waals surface area contributed by atoms with Crippen LogP contribution in [0.15, 0.2) is 58.0 Å². The van der Waals surface area contributed by atoms with Crippen molar-refractivity contribution in [1.82, 2.24) is 14.5 Å². The van der Waals surface area contributed by atoms with E-state index in [0.717, 1.165) is 0 Å². The van der Waals surface area contributed by atoms with Crippen molar-refractivity contribution in [2.45, 2.75) is 39.2 Å². The first-order valence-electron chi connectivity index (χ1n) is 9.46. The fourth-order valence-electron chi connectivity index (χ4n) is 3.04. The number of hydrogen-bond acceptors (Lipinski definition) is 5. The number of fused-ring (bicyclic) bond motifs is 2. The monoisotopic (exact) mass is 390 g/mol. The third-order valence-electron chi connectivity index (χ3n) is 4.62. The Morgan fingerprint density at radius 3 is 2.72 bits per heavy atom. The highest BCUT2D eigenvalue weighted by atomic mass is 16.3. The van der Waals surface area contributed by atoms with Crippen LogP contribution in [-0.2, 0) is 16.8 Å². The average molecular weight is 390 g/mol. The van der Waals surface area contributed by atoms with Crippen LogP contribution in [0.4, 0.5) is 5.69 Å². The zero-order chi connectivity index (χ0) is 20.6. The normalized spacial score (nSPS) is 11.8. The Morgan fingerprint density at radius 2 is 1.93 bits per heavy atom. The van der Waals surface area contributed by atoms with Crippen molar-refractivity contribution in [2.75, 3.05) is 5.32 Å². The quantitative estimate of drug-likeness (QED) is 0.571. The summed E-state index contributed by atoms with van der Waals surface area (Å²) in [7, 11) is 0. The van der Waals surface area contributed by atoms with Gasteiger partial charge in [0.1, 0.15) is 5.52 Å². The smallest absolute Gasteiger partial charge is 0.261 e. The molecular formula is C22H22N4O3. The maximum Gasteiger partial charge on any atom is 0.261 e. The average Bonchev–Trinajstić information content (AvgIpc) is 3.12. The van der Waals surface area contributed by atoms with Crippen LogP contribution in [0.5, 0.6) is 0 Å². The van der Waals surface area contributed by atoms with Crippen LogP contribution < -0.4 is 10.9 Å². The van der Waals surface area contributed by atoms with Crippen LogP contribution in [0.1, 0.15) is 33.1 Å². The van der Waals surface area contributed by atoms with Gasteiger partial charge in [-0.1, -0.05) is 32.9 Å². The van der Waals surface area contributed by atoms with E-state index in [0.29, 0.717) is 33.6 Å². The molecule has 2 aromatic heterocycles. The molecule has 0 radical (unpaired) electrons. The van der Waals surface area contributed by atoms with E-state index in [4.69, 9.17) is 4.42 Å². The Hall–Kier alpha value is -3.48. The molecule has 0 unspecified atom stereocenters. The summed E-state index contributed by atoms with van der Waals surface area (Å²) < 4.78 is 7.23. The van der Waals surface area contributed by atoms with E-state index >= 15 is 0 Å². The number of carbonyl (C=O) groups excluding carboxylic acids is 1. The Bertz CT molecular complexity index is 1260. The molecular weight excluding hydrogens is 368 g/mol. The standard InChI is InChI=1S/C22H22N4O3/c1-22(2,3)21-25-17-12-14(8-9-18(17)29-21)24-19(27)10-11-26-13-23-16-7-5-4-6-15(16)20(26)28/h4-9,12-13H,10-11H2,1-3H3,(H,24,27). The lowest BCUT2D eigenvalue weighted by Crippen LogP contribution is -2.23. The van der Waals surface area contributed by atoms with Gasteiger partial charge in [-0.25, -0.2) is 9.97 Å². The van der Waals surface area contributed by atoms with Crippen LogP contribution in [0.25, 0.3) is 22.0 Å². The lowest BCUT2D eigenvalue weighted by atomic mass is 9.97. The highest BCUT2D eigenvalue weighted by Crippen LogP contribution is 2.27. The fourth-order valence-corrected chi connectivity index (χ4v) is 3.04. The summed E-state index contributed by atoms with van der Waals surface area (Å²) in [6.45, 7) is 6.35. The molecule has 4 aromatic rings. The van der Waals surface area contributed by atoms with E-state index in [-0.39, 0.29) is 29.8 Å². The molecule has 0 atom stereocenters. The lowest BCUT2D eigenvalue weighted by molar-refractivity contribution is -0.116. The predicted molar refractivity (Wildman–Crippen MR) is 112 cm³/mol. The second kappa shape index (κ2) is 7.16. The summed E-state index contributed by atoms with van der Waals surface area (Å²) in [5.41, 5.74) is 2.32. The van der Waals surface area contributed by atoms with Crippen LogP contribution in [0, 0.1) is 0 Å². The van der Waals surface area contributed by atoms with Crippen LogP contribution in [0.2, 0.25) is 0 Å². The molecule has 0 aliphatic carbocycles. The number of nitrogens with zero attached hydrogens (tertiary/aromatic N) is 3. The van der Waals surface area contributed by atoms with E-state index in [9.17, 15) is 9.59 Å². The Labute approximate surface area is 167 Å². The molecule has 29 heavy (non-hydrogen) atoms. The van der Waals surface area contributed by atoms with Gasteiger partial charge in [-0.3, -0.25) is 14.2 Å². The molecule has 7 nitrogen and oxygen atoms in total. The molecule has 0 saturated heterocycles. The molecule has 0 aliphatic heterocycles. The Balaban J connectivity index is 1.46. The SMILES string of the molecule is CC(C)(C)c1nc2cc(NC(=O)CCn3cnc4ccccc4c3=O)ccc2o1. The van der Waals surface area contributed by atoms with Crippen molar-refractivity contribution in [3.05, 3.63) is 65.0 Å². The van der Waals surface area contributed by atoms with E-state index in [1.54, 1.807) is 36.4 Å². The second-order valence-electron chi connectivity index (χ2n) is 8.01. The fraction of sp³-hybridized carbons (Fsp3) is 0.273. The zero-order valence-electron chi connectivity index (χ0n) is 16.6. The molecule has 0 bridgehead atoms. The van der Waals surface area contributed by atoms with Gasteiger partial charge in [0.2, 0.25) is 11.8 Å². The first kappa shape index (κ1) is 18.9. The van der Waals surface area contributed by atoms with Crippen LogP contribution >= 0.6 is 0 Å². The molecule has 2 heterocycles. The van der Waals surface area contributed by atoms with Gasteiger partial charge in [0.05, 0.1) is 17.2 Å². The van der Waals surface area contributed by atoms with Crippen molar-refractivity contribution in [2.24, 2.45) is 0 Å². The van der Waals surface area contributed by atoms with E-state index < -0.39 is 0 Å². The lowest BCUT2D eigenvalue weighted by Gasteiger charge is -2.11. The number of carbonyl (C=O) groups is 1. The number of hydrogen-bond donors (Lipinski definition) is 1. The highest BCUT2D eigenvalue weighted by Gasteiger charge is 2.21. The minimum atomic E-state index is -0.191. The van der Waals surface area contributed by atoms with Crippen LogP contribution in [-0.4, -0.2) is 20.4 Å². The largest absolute Gasteiger partial charge is 0.440 e. The number of aryl methyl sites for hydroxylation is 1. The number of nitrogens with one attached hydrogen (secondary N) is 1. The topological polar surface area (TPSA) is 90.0 Å². The zero-order valence-corrected chi connectivity index (χ0v) is 16.6. The molecule has 0 fully saturated rings. The van der Waals surface area contributed by atoms with Crippen molar-refractivity contribution in [3.63, 3.8) is 0 Å². The summed E-state index contributed by atoms with van der Waals surface area (Å²) in [5.74, 6) is 0.461. The van der Waals surface area contributed by atoms with Gasteiger partial charge < -0.3 is 9.73 Å². The number of rotatable bonds is 4. The number of oxazole rings is 1. The molecule has 1 N–H and O–H groups in total. The van der Waals surface area contributed by atoms with Crippen molar-refractivity contribution >= 4 is 33.6 Å². The molecule has 0 spiro atoms. The van der Waals surface area contributed by atoms with Gasteiger partial charge >= 0.3 is 0 Å². The second-order valence-corrected chi connectivity index (χ2v) is 8.01. The van der Waals surface area contributed by atoms with E-state index in [1.807, 2.05) is 26.8 Å². The first-order valence-corrected chi connectivity index (χ1v) is 9.46. The van der Waals surface area contributed by atoms with Crippen molar-refractivity contribution in [3.8, 4) is 0 Å². The highest BCUT2D eigenvalue weighted by molar-refractivity contribution is 5.92. The molecule has 0 aliphatic rings. The number of amides is 1. The number of anilines is 1. The number of benzene rings is 2. The third kappa shape index (κ3) is 3.89. The van der Waals surface area contributed by atoms with Gasteiger partial charge in [0, 0.05) is 24.1 Å². The molecule has 0 saturated carbocycles. The van der Waals surface area contributed by atoms with Gasteiger partial charge in [0.15, 0.2) is 5.58 Å². The summed E-state index contributed by atoms with van der Waals surface area (Å²) >= 11 is 0. The minimum Gasteiger partial charge on any atom is -0.440 e. The first-order chi connectivity index (χ1) is 13.8. The Kier molecular flexibility index (Phi) is 4.66. The summed E-state index contributed by atoms with van der Waals surface area (Å²) in [5, 5.41) is 3.40. The van der Waals surface area contributed by atoms with Crippen LogP contribution in [0.3, 0.4) is 0 Å². The summed E-state index contributed by atoms with van der Waals surface area (Å²) in [6, 6.07) is 12.5. The Morgan fingerprint density at radius 1 is 1.14 bits per heavy atom. The van der Waals surface area contributed by atoms with E-state index in [1.165, 1.54) is 10.9 Å². The molecule has 7 heteroatoms. The van der Waals surface area contributed by atoms with Gasteiger partial charge in [-0.05, 0) is 30.3 Å². The number of aromatic nitrogens is 3. The van der Waals surface area contributed by atoms with Gasteiger partial charge in [0.25, 0.3) is 5.56 Å². The molecule has 148 valence electrons. The third-order valence-corrected chi connectivity index (χ3v) is 4.62. The van der Waals surface area contributed by atoms with Gasteiger partial charge in [-0.15, -0.1) is 0 Å². The van der Waals surface area contributed by atoms with Crippen molar-refractivity contribution in [1.29, 1.82) is 0 Å². The van der Waals surface area contributed by atoms with E-state index in [2.05, 4.69) is 15.3 Å². The number of para-hydroxylation sites is 1. The van der Waals surface area contributed by atoms with Crippen molar-refractivity contribution < 1.29 is 9.21 Å². The molecule has 4 rings (SSSR count). The molecule has 1 amide bonds. The predicted octanol–water partition coefficient (Wildman–Crippen LogP) is 3.86. The molecule has 2 aromatic carbocycles. The maximum atomic E-state index is 12.5. The summed E-state index contributed by atoms with van der Waals surface area (Å²) in [6.07, 6.45) is 1.64. The maximum absolute atomic E-state index is 12.5. The van der Waals surface area contributed by atoms with Gasteiger partial charge in [-0.2, -0.15) is 0 Å². The minimum absolute atomic E-state index is 0.151.